The molecule has 9 heteroatoms. The zero-order valence-corrected chi connectivity index (χ0v) is 12.4. The van der Waals surface area contributed by atoms with E-state index in [0.29, 0.717) is 12.2 Å². The van der Waals surface area contributed by atoms with Crippen molar-refractivity contribution in [2.45, 2.75) is 13.3 Å². The second-order valence-electron chi connectivity index (χ2n) is 3.99. The molecule has 0 aliphatic heterocycles. The molecule has 0 atom stereocenters. The Kier molecular flexibility index (Phi) is 4.32. The number of nitro benzene ring substituents is 1. The van der Waals surface area contributed by atoms with Crippen molar-refractivity contribution >= 4 is 27.4 Å². The van der Waals surface area contributed by atoms with E-state index in [0.717, 1.165) is 12.1 Å². The normalized spacial score (nSPS) is 10.4. The number of hydrogen-bond acceptors (Lipinski definition) is 6. The van der Waals surface area contributed by atoms with Crippen molar-refractivity contribution in [3.63, 3.8) is 0 Å². The zero-order valence-electron chi connectivity index (χ0n) is 10.8. The predicted molar refractivity (Wildman–Crippen MR) is 76.7 cm³/mol. The van der Waals surface area contributed by atoms with Gasteiger partial charge in [-0.1, -0.05) is 6.92 Å². The van der Waals surface area contributed by atoms with Gasteiger partial charge in [0.05, 0.1) is 9.40 Å². The lowest BCUT2D eigenvalue weighted by Gasteiger charge is -2.08. The third-order valence-corrected chi connectivity index (χ3v) is 3.11. The van der Waals surface area contributed by atoms with Crippen molar-refractivity contribution in [2.75, 3.05) is 5.73 Å². The molecule has 2 aromatic rings. The number of nitrogens with zero attached hydrogens (tertiary/aromatic N) is 3. The summed E-state index contributed by atoms with van der Waals surface area (Å²) in [5.74, 6) is -0.347. The molecule has 110 valence electrons. The maximum atomic E-state index is 13.5. The van der Waals surface area contributed by atoms with Crippen LogP contribution in [0.3, 0.4) is 0 Å². The van der Waals surface area contributed by atoms with Crippen LogP contribution in [0.5, 0.6) is 11.6 Å². The fourth-order valence-electron chi connectivity index (χ4n) is 1.56. The van der Waals surface area contributed by atoms with Crippen molar-refractivity contribution in [3.8, 4) is 11.6 Å². The minimum Gasteiger partial charge on any atom is -0.431 e. The molecule has 0 aliphatic rings. The summed E-state index contributed by atoms with van der Waals surface area (Å²) in [5.41, 5.74) is 5.20. The quantitative estimate of drug-likeness (QED) is 0.666. The number of nitrogen functional groups attached to an aromatic ring is 1. The third-order valence-electron chi connectivity index (χ3n) is 2.50. The van der Waals surface area contributed by atoms with Gasteiger partial charge >= 0.3 is 5.69 Å². The van der Waals surface area contributed by atoms with Crippen LogP contribution in [0, 0.1) is 15.9 Å². The largest absolute Gasteiger partial charge is 0.431 e. The molecule has 0 unspecified atom stereocenters. The van der Waals surface area contributed by atoms with E-state index < -0.39 is 16.4 Å². The van der Waals surface area contributed by atoms with E-state index in [1.165, 1.54) is 6.07 Å². The monoisotopic (exact) mass is 356 g/mol. The van der Waals surface area contributed by atoms with Gasteiger partial charge in [-0.15, -0.1) is 0 Å². The van der Waals surface area contributed by atoms with Gasteiger partial charge in [0.25, 0.3) is 0 Å². The summed E-state index contributed by atoms with van der Waals surface area (Å²) < 4.78 is 18.8. The topological polar surface area (TPSA) is 104 Å². The summed E-state index contributed by atoms with van der Waals surface area (Å²) in [7, 11) is 0. The highest BCUT2D eigenvalue weighted by Gasteiger charge is 2.20. The van der Waals surface area contributed by atoms with Gasteiger partial charge in [-0.3, -0.25) is 10.1 Å². The van der Waals surface area contributed by atoms with Crippen LogP contribution < -0.4 is 10.5 Å². The highest BCUT2D eigenvalue weighted by Crippen LogP contribution is 2.35. The number of aryl methyl sites for hydroxylation is 1. The van der Waals surface area contributed by atoms with Crippen LogP contribution in [0.1, 0.15) is 12.7 Å². The number of rotatable bonds is 4. The molecular formula is C12H10BrFN4O3. The fourth-order valence-corrected chi connectivity index (χ4v) is 1.89. The fraction of sp³-hybridized carbons (Fsp3) is 0.167. The molecule has 0 aliphatic carbocycles. The maximum Gasteiger partial charge on any atom is 0.312 e. The van der Waals surface area contributed by atoms with Gasteiger partial charge in [0.2, 0.25) is 11.6 Å². The molecule has 0 saturated carbocycles. The Bertz CT molecular complexity index is 711. The molecule has 7 nitrogen and oxygen atoms in total. The summed E-state index contributed by atoms with van der Waals surface area (Å²) in [6, 6.07) is 3.24. The van der Waals surface area contributed by atoms with Gasteiger partial charge in [0.15, 0.2) is 0 Å². The van der Waals surface area contributed by atoms with E-state index in [4.69, 9.17) is 10.5 Å². The van der Waals surface area contributed by atoms with Gasteiger partial charge in [-0.05, 0) is 15.9 Å². The van der Waals surface area contributed by atoms with Crippen LogP contribution in [-0.2, 0) is 6.42 Å². The number of benzene rings is 1. The number of ether oxygens (including phenoxy) is 1. The minimum atomic E-state index is -0.687. The average molecular weight is 357 g/mol. The van der Waals surface area contributed by atoms with Crippen molar-refractivity contribution in [1.29, 1.82) is 0 Å². The number of anilines is 1. The zero-order chi connectivity index (χ0) is 15.6. The summed E-state index contributed by atoms with van der Waals surface area (Å²) in [4.78, 5) is 18.3. The molecule has 0 spiro atoms. The van der Waals surface area contributed by atoms with Crippen LogP contribution in [-0.4, -0.2) is 14.9 Å². The number of aromatic nitrogens is 2. The molecule has 21 heavy (non-hydrogen) atoms. The van der Waals surface area contributed by atoms with Gasteiger partial charge in [-0.2, -0.15) is 4.98 Å². The summed E-state index contributed by atoms with van der Waals surface area (Å²) >= 11 is 2.89. The molecule has 0 saturated heterocycles. The number of hydrogen-bond donors (Lipinski definition) is 1. The predicted octanol–water partition coefficient (Wildman–Crippen LogP) is 3.22. The Hall–Kier alpha value is -2.29. The van der Waals surface area contributed by atoms with Gasteiger partial charge in [-0.25, -0.2) is 9.37 Å². The van der Waals surface area contributed by atoms with Crippen molar-refractivity contribution in [2.24, 2.45) is 0 Å². The Morgan fingerprint density at radius 1 is 1.43 bits per heavy atom. The number of halogens is 2. The number of nitro groups is 1. The molecule has 0 fully saturated rings. The standard InChI is InChI=1S/C12H10BrFN4O3/c1-2-11-16-10(15)5-12(17-11)21-9-4-7(14)6(13)3-8(9)18(19)20/h3-5H,2H2,1H3,(H2,15,16,17). The summed E-state index contributed by atoms with van der Waals surface area (Å²) in [6.07, 6.45) is 0.512. The second-order valence-corrected chi connectivity index (χ2v) is 4.85. The molecule has 2 rings (SSSR count). The van der Waals surface area contributed by atoms with Gasteiger partial charge in [0.1, 0.15) is 17.5 Å². The molecule has 2 N–H and O–H groups in total. The molecular weight excluding hydrogens is 347 g/mol. The lowest BCUT2D eigenvalue weighted by molar-refractivity contribution is -0.385. The van der Waals surface area contributed by atoms with Crippen LogP contribution in [0.25, 0.3) is 0 Å². The van der Waals surface area contributed by atoms with Crippen LogP contribution in [0.15, 0.2) is 22.7 Å². The first-order valence-corrected chi connectivity index (χ1v) is 6.64. The molecule has 0 radical (unpaired) electrons. The Morgan fingerprint density at radius 2 is 2.14 bits per heavy atom. The van der Waals surface area contributed by atoms with Crippen LogP contribution >= 0.6 is 15.9 Å². The molecule has 1 aromatic heterocycles. The van der Waals surface area contributed by atoms with Crippen LogP contribution in [0.4, 0.5) is 15.9 Å². The van der Waals surface area contributed by atoms with E-state index in [9.17, 15) is 14.5 Å². The first-order valence-electron chi connectivity index (χ1n) is 5.85. The van der Waals surface area contributed by atoms with E-state index in [1.54, 1.807) is 0 Å². The Morgan fingerprint density at radius 3 is 2.76 bits per heavy atom. The average Bonchev–Trinajstić information content (AvgIpc) is 2.41. The highest BCUT2D eigenvalue weighted by molar-refractivity contribution is 9.10. The van der Waals surface area contributed by atoms with Crippen LogP contribution in [0.2, 0.25) is 0 Å². The first kappa shape index (κ1) is 15.1. The van der Waals surface area contributed by atoms with E-state index >= 15 is 0 Å². The SMILES string of the molecule is CCc1nc(N)cc(Oc2cc(F)c(Br)cc2[N+](=O)[O-])n1. The van der Waals surface area contributed by atoms with Gasteiger partial charge < -0.3 is 10.5 Å². The van der Waals surface area contributed by atoms with Crippen molar-refractivity contribution in [3.05, 3.63) is 44.4 Å². The lowest BCUT2D eigenvalue weighted by atomic mass is 10.3. The number of nitrogens with two attached hydrogens (primary N) is 1. The lowest BCUT2D eigenvalue weighted by Crippen LogP contribution is -2.02. The third kappa shape index (κ3) is 3.43. The summed E-state index contributed by atoms with van der Waals surface area (Å²) in [5, 5.41) is 11.0. The second kappa shape index (κ2) is 6.00. The maximum absolute atomic E-state index is 13.5. The van der Waals surface area contributed by atoms with E-state index in [-0.39, 0.29) is 21.9 Å². The van der Waals surface area contributed by atoms with Crippen molar-refractivity contribution < 1.29 is 14.1 Å². The summed E-state index contributed by atoms with van der Waals surface area (Å²) in [6.45, 7) is 1.82. The highest BCUT2D eigenvalue weighted by atomic mass is 79.9. The van der Waals surface area contributed by atoms with Crippen molar-refractivity contribution in [1.82, 2.24) is 9.97 Å². The molecule has 0 bridgehead atoms. The van der Waals surface area contributed by atoms with E-state index in [1.807, 2.05) is 6.92 Å². The van der Waals surface area contributed by atoms with E-state index in [2.05, 4.69) is 25.9 Å². The van der Waals surface area contributed by atoms with Gasteiger partial charge in [0, 0.05) is 24.6 Å². The first-order chi connectivity index (χ1) is 9.90. The smallest absolute Gasteiger partial charge is 0.312 e. The Balaban J connectivity index is 2.46. The molecule has 0 amide bonds. The minimum absolute atomic E-state index is 0.0178. The Labute approximate surface area is 127 Å². The molecule has 1 heterocycles. The molecule has 1 aromatic carbocycles.